The zero-order valence-corrected chi connectivity index (χ0v) is 13.2. The lowest BCUT2D eigenvalue weighted by atomic mass is 9.93. The lowest BCUT2D eigenvalue weighted by molar-refractivity contribution is 0.165. The summed E-state index contributed by atoms with van der Waals surface area (Å²) in [7, 11) is 0. The van der Waals surface area contributed by atoms with Crippen molar-refractivity contribution in [3.05, 3.63) is 46.2 Å². The zero-order chi connectivity index (χ0) is 14.6. The molecule has 0 amide bonds. The van der Waals surface area contributed by atoms with Crippen LogP contribution in [0.4, 0.5) is 0 Å². The quantitative estimate of drug-likeness (QED) is 0.918. The second-order valence-corrected chi connectivity index (χ2v) is 7.08. The second-order valence-electron chi connectivity index (χ2n) is 6.13. The first-order valence-electron chi connectivity index (χ1n) is 6.97. The summed E-state index contributed by atoms with van der Waals surface area (Å²) < 4.78 is 0. The van der Waals surface area contributed by atoms with Gasteiger partial charge in [0.25, 0.3) is 0 Å². The molecule has 1 unspecified atom stereocenters. The smallest absolute Gasteiger partial charge is 0.0954 e. The summed E-state index contributed by atoms with van der Waals surface area (Å²) in [4.78, 5) is 8.71. The molecule has 2 aromatic rings. The van der Waals surface area contributed by atoms with E-state index >= 15 is 0 Å². The van der Waals surface area contributed by atoms with Crippen LogP contribution in [0.1, 0.15) is 43.5 Å². The fourth-order valence-electron chi connectivity index (χ4n) is 1.93. The molecule has 108 valence electrons. The number of rotatable bonds is 5. The number of aliphatic hydroxyl groups excluding tert-OH is 1. The summed E-state index contributed by atoms with van der Waals surface area (Å²) in [5.74, 6) is 0. The number of pyridine rings is 1. The standard InChI is InChI=1S/C16H22N2OS/c1-16(2,3)14-11-20-15(18-14)9-13(19)7-6-12-5-4-8-17-10-12/h4-5,8,10-11,13,19H,6-7,9H2,1-3H3. The lowest BCUT2D eigenvalue weighted by Crippen LogP contribution is -2.14. The molecule has 0 radical (unpaired) electrons. The van der Waals surface area contributed by atoms with E-state index in [9.17, 15) is 5.11 Å². The minimum atomic E-state index is -0.339. The van der Waals surface area contributed by atoms with E-state index < -0.39 is 0 Å². The van der Waals surface area contributed by atoms with Gasteiger partial charge in [0.05, 0.1) is 16.8 Å². The van der Waals surface area contributed by atoms with E-state index in [1.54, 1.807) is 17.5 Å². The van der Waals surface area contributed by atoms with Gasteiger partial charge in [0.15, 0.2) is 0 Å². The Hall–Kier alpha value is -1.26. The monoisotopic (exact) mass is 290 g/mol. The Balaban J connectivity index is 1.85. The average Bonchev–Trinajstić information content (AvgIpc) is 2.86. The Morgan fingerprint density at radius 3 is 2.75 bits per heavy atom. The van der Waals surface area contributed by atoms with Crippen LogP contribution in [0.5, 0.6) is 0 Å². The van der Waals surface area contributed by atoms with E-state index in [1.807, 2.05) is 18.3 Å². The van der Waals surface area contributed by atoms with Crippen molar-refractivity contribution in [1.82, 2.24) is 9.97 Å². The molecule has 0 aromatic carbocycles. The van der Waals surface area contributed by atoms with Crippen LogP contribution >= 0.6 is 11.3 Å². The van der Waals surface area contributed by atoms with E-state index in [4.69, 9.17) is 0 Å². The van der Waals surface area contributed by atoms with Crippen molar-refractivity contribution in [2.75, 3.05) is 0 Å². The largest absolute Gasteiger partial charge is 0.393 e. The molecule has 0 saturated carbocycles. The van der Waals surface area contributed by atoms with Crippen LogP contribution in [-0.2, 0) is 18.3 Å². The van der Waals surface area contributed by atoms with Gasteiger partial charge in [-0.1, -0.05) is 26.8 Å². The summed E-state index contributed by atoms with van der Waals surface area (Å²) in [5.41, 5.74) is 2.35. The first kappa shape index (κ1) is 15.1. The minimum Gasteiger partial charge on any atom is -0.393 e. The Kier molecular flexibility index (Phi) is 4.89. The van der Waals surface area contributed by atoms with E-state index in [-0.39, 0.29) is 11.5 Å². The molecule has 3 nitrogen and oxygen atoms in total. The van der Waals surface area contributed by atoms with Crippen LogP contribution in [0, 0.1) is 0 Å². The van der Waals surface area contributed by atoms with E-state index in [0.29, 0.717) is 6.42 Å². The number of aryl methyl sites for hydroxylation is 1. The fourth-order valence-corrected chi connectivity index (χ4v) is 3.03. The maximum Gasteiger partial charge on any atom is 0.0954 e. The van der Waals surface area contributed by atoms with Crippen molar-refractivity contribution >= 4 is 11.3 Å². The topological polar surface area (TPSA) is 46.0 Å². The van der Waals surface area contributed by atoms with Gasteiger partial charge in [0.1, 0.15) is 0 Å². The van der Waals surface area contributed by atoms with Crippen LogP contribution in [0.25, 0.3) is 0 Å². The van der Waals surface area contributed by atoms with Gasteiger partial charge in [-0.2, -0.15) is 0 Å². The van der Waals surface area contributed by atoms with Gasteiger partial charge in [0.2, 0.25) is 0 Å². The van der Waals surface area contributed by atoms with Gasteiger partial charge in [-0.3, -0.25) is 4.98 Å². The molecule has 2 heterocycles. The molecule has 2 rings (SSSR count). The molecule has 0 bridgehead atoms. The number of aromatic nitrogens is 2. The van der Waals surface area contributed by atoms with Crippen LogP contribution in [-0.4, -0.2) is 21.2 Å². The van der Waals surface area contributed by atoms with Gasteiger partial charge in [-0.05, 0) is 24.5 Å². The molecular weight excluding hydrogens is 268 g/mol. The molecule has 0 aliphatic carbocycles. The van der Waals surface area contributed by atoms with Crippen molar-refractivity contribution in [2.45, 2.75) is 51.6 Å². The van der Waals surface area contributed by atoms with Crippen molar-refractivity contribution in [3.8, 4) is 0 Å². The number of hydrogen-bond donors (Lipinski definition) is 1. The van der Waals surface area contributed by atoms with Crippen molar-refractivity contribution in [2.24, 2.45) is 0 Å². The second kappa shape index (κ2) is 6.46. The first-order valence-corrected chi connectivity index (χ1v) is 7.85. The number of hydrogen-bond acceptors (Lipinski definition) is 4. The third-order valence-corrected chi connectivity index (χ3v) is 4.09. The van der Waals surface area contributed by atoms with Gasteiger partial charge in [-0.15, -0.1) is 11.3 Å². The summed E-state index contributed by atoms with van der Waals surface area (Å²) in [6.45, 7) is 6.47. The highest BCUT2D eigenvalue weighted by Gasteiger charge is 2.18. The maximum absolute atomic E-state index is 10.1. The summed E-state index contributed by atoms with van der Waals surface area (Å²) in [6, 6.07) is 3.97. The minimum absolute atomic E-state index is 0.0788. The highest BCUT2D eigenvalue weighted by Crippen LogP contribution is 2.24. The van der Waals surface area contributed by atoms with Gasteiger partial charge in [0, 0.05) is 29.6 Å². The SMILES string of the molecule is CC(C)(C)c1csc(CC(O)CCc2cccnc2)n1. The fraction of sp³-hybridized carbons (Fsp3) is 0.500. The van der Waals surface area contributed by atoms with Crippen molar-refractivity contribution < 1.29 is 5.11 Å². The molecule has 0 aliphatic rings. The van der Waals surface area contributed by atoms with E-state index in [0.717, 1.165) is 23.5 Å². The van der Waals surface area contributed by atoms with Gasteiger partial charge < -0.3 is 5.11 Å². The Bertz CT molecular complexity index is 531. The highest BCUT2D eigenvalue weighted by molar-refractivity contribution is 7.09. The third-order valence-electron chi connectivity index (χ3n) is 3.22. The molecule has 0 spiro atoms. The van der Waals surface area contributed by atoms with Crippen LogP contribution < -0.4 is 0 Å². The Morgan fingerprint density at radius 1 is 1.35 bits per heavy atom. The number of thiazole rings is 1. The predicted octanol–water partition coefficient (Wildman–Crippen LogP) is 3.37. The molecule has 2 aromatic heterocycles. The zero-order valence-electron chi connectivity index (χ0n) is 12.3. The summed E-state index contributed by atoms with van der Waals surface area (Å²) in [5, 5.41) is 13.2. The maximum atomic E-state index is 10.1. The number of nitrogens with zero attached hydrogens (tertiary/aromatic N) is 2. The summed E-state index contributed by atoms with van der Waals surface area (Å²) in [6.07, 6.45) is 5.52. The molecular formula is C16H22N2OS. The average molecular weight is 290 g/mol. The van der Waals surface area contributed by atoms with E-state index in [2.05, 4.69) is 36.1 Å². The third kappa shape index (κ3) is 4.39. The Morgan fingerprint density at radius 2 is 2.15 bits per heavy atom. The van der Waals surface area contributed by atoms with Crippen LogP contribution in [0.3, 0.4) is 0 Å². The van der Waals surface area contributed by atoms with Crippen molar-refractivity contribution in [1.29, 1.82) is 0 Å². The molecule has 0 aliphatic heterocycles. The molecule has 1 atom stereocenters. The molecule has 20 heavy (non-hydrogen) atoms. The summed E-state index contributed by atoms with van der Waals surface area (Å²) >= 11 is 1.64. The highest BCUT2D eigenvalue weighted by atomic mass is 32.1. The van der Waals surface area contributed by atoms with E-state index in [1.165, 1.54) is 5.56 Å². The first-order chi connectivity index (χ1) is 9.45. The Labute approximate surface area is 124 Å². The van der Waals surface area contributed by atoms with Crippen LogP contribution in [0.15, 0.2) is 29.9 Å². The number of aliphatic hydroxyl groups is 1. The molecule has 1 N–H and O–H groups in total. The molecule has 0 fully saturated rings. The van der Waals surface area contributed by atoms with Gasteiger partial charge >= 0.3 is 0 Å². The predicted molar refractivity (Wildman–Crippen MR) is 83.1 cm³/mol. The molecule has 0 saturated heterocycles. The van der Waals surface area contributed by atoms with Crippen LogP contribution in [0.2, 0.25) is 0 Å². The van der Waals surface area contributed by atoms with Gasteiger partial charge in [-0.25, -0.2) is 4.98 Å². The van der Waals surface area contributed by atoms with Crippen molar-refractivity contribution in [3.63, 3.8) is 0 Å². The lowest BCUT2D eigenvalue weighted by Gasteiger charge is -2.14. The normalized spacial score (nSPS) is 13.4. The molecule has 4 heteroatoms.